The number of nitrogens with two attached hydrogens (primary N) is 1. The van der Waals surface area contributed by atoms with Gasteiger partial charge in [-0.2, -0.15) is 8.42 Å². The zero-order chi connectivity index (χ0) is 19.1. The van der Waals surface area contributed by atoms with Crippen LogP contribution in [-0.2, 0) is 10.1 Å². The predicted octanol–water partition coefficient (Wildman–Crippen LogP) is 2.94. The Hall–Kier alpha value is -3.10. The molecule has 26 heavy (non-hydrogen) atoms. The van der Waals surface area contributed by atoms with Crippen molar-refractivity contribution < 1.29 is 22.9 Å². The molecule has 0 bridgehead atoms. The average Bonchev–Trinajstić information content (AvgIpc) is 2.55. The van der Waals surface area contributed by atoms with Crippen LogP contribution in [0.1, 0.15) is 15.9 Å². The van der Waals surface area contributed by atoms with Crippen molar-refractivity contribution >= 4 is 38.2 Å². The van der Waals surface area contributed by atoms with Gasteiger partial charge in [-0.1, -0.05) is 35.9 Å². The largest absolute Gasteiger partial charge is 0.506 e. The van der Waals surface area contributed by atoms with Crippen LogP contribution in [0.3, 0.4) is 0 Å². The van der Waals surface area contributed by atoms with E-state index in [1.807, 2.05) is 6.92 Å². The van der Waals surface area contributed by atoms with Gasteiger partial charge in [-0.05, 0) is 19.1 Å². The van der Waals surface area contributed by atoms with Gasteiger partial charge in [0.15, 0.2) is 0 Å². The number of anilines is 2. The number of hydrogen-bond donors (Lipinski definition) is 4. The highest BCUT2D eigenvalue weighted by Crippen LogP contribution is 2.37. The minimum atomic E-state index is -4.65. The van der Waals surface area contributed by atoms with Crippen LogP contribution < -0.4 is 11.1 Å². The molecule has 0 aliphatic rings. The highest BCUT2D eigenvalue weighted by Gasteiger charge is 2.22. The summed E-state index contributed by atoms with van der Waals surface area (Å²) in [5.41, 5.74) is 7.43. The fourth-order valence-corrected chi connectivity index (χ4v) is 3.54. The number of fused-ring (bicyclic) bond motifs is 1. The van der Waals surface area contributed by atoms with Gasteiger partial charge < -0.3 is 16.2 Å². The van der Waals surface area contributed by atoms with Gasteiger partial charge >= 0.3 is 0 Å². The first kappa shape index (κ1) is 17.7. The molecule has 0 atom stereocenters. The molecule has 5 N–H and O–H groups in total. The quantitative estimate of drug-likeness (QED) is 0.413. The maximum absolute atomic E-state index is 12.6. The molecule has 0 fully saturated rings. The van der Waals surface area contributed by atoms with Gasteiger partial charge in [-0.15, -0.1) is 0 Å². The molecule has 3 aromatic carbocycles. The first-order chi connectivity index (χ1) is 12.2. The Bertz CT molecular complexity index is 1140. The number of aromatic hydroxyl groups is 1. The molecule has 8 heteroatoms. The molecule has 1 amide bonds. The lowest BCUT2D eigenvalue weighted by atomic mass is 10.1. The molecule has 7 nitrogen and oxygen atoms in total. The van der Waals surface area contributed by atoms with Crippen molar-refractivity contribution in [2.24, 2.45) is 0 Å². The second-order valence-corrected chi connectivity index (χ2v) is 7.20. The summed E-state index contributed by atoms with van der Waals surface area (Å²) >= 11 is 0. The van der Waals surface area contributed by atoms with Gasteiger partial charge in [-0.25, -0.2) is 0 Å². The molecular weight excluding hydrogens is 356 g/mol. The lowest BCUT2D eigenvalue weighted by Crippen LogP contribution is -2.15. The second-order valence-electron chi connectivity index (χ2n) is 5.84. The third-order valence-corrected chi connectivity index (χ3v) is 4.88. The minimum Gasteiger partial charge on any atom is -0.506 e. The molecule has 0 aliphatic carbocycles. The van der Waals surface area contributed by atoms with Gasteiger partial charge in [0.25, 0.3) is 16.0 Å². The van der Waals surface area contributed by atoms with Crippen LogP contribution >= 0.6 is 0 Å². The number of hydrogen-bond acceptors (Lipinski definition) is 5. The van der Waals surface area contributed by atoms with E-state index < -0.39 is 26.7 Å². The van der Waals surface area contributed by atoms with E-state index in [1.165, 1.54) is 6.07 Å². The van der Waals surface area contributed by atoms with Gasteiger partial charge in [0.2, 0.25) is 0 Å². The smallest absolute Gasteiger partial charge is 0.298 e. The average molecular weight is 372 g/mol. The van der Waals surface area contributed by atoms with E-state index in [-0.39, 0.29) is 22.3 Å². The number of carbonyl (C=O) groups is 1. The predicted molar refractivity (Wildman–Crippen MR) is 99.0 cm³/mol. The summed E-state index contributed by atoms with van der Waals surface area (Å²) in [5, 5.41) is 13.2. The highest BCUT2D eigenvalue weighted by molar-refractivity contribution is 7.86. The number of benzene rings is 3. The van der Waals surface area contributed by atoms with Crippen molar-refractivity contribution in [1.29, 1.82) is 0 Å². The molecule has 0 aromatic heterocycles. The standard InChI is InChI=1S/C18H16N2O5S/c1-10-6-7-14(19)13(8-10)18(22)20-15-9-16(21)17(26(23,24)25)12-5-3-2-4-11(12)15/h2-9,21H,19H2,1H3,(H,20,22)(H,23,24,25). The van der Waals surface area contributed by atoms with Crippen LogP contribution in [0.2, 0.25) is 0 Å². The Morgan fingerprint density at radius 2 is 1.73 bits per heavy atom. The molecule has 0 saturated carbocycles. The number of rotatable bonds is 3. The molecular formula is C18H16N2O5S. The number of aryl methyl sites for hydroxylation is 1. The second kappa shape index (κ2) is 6.32. The van der Waals surface area contributed by atoms with Crippen molar-refractivity contribution in [3.63, 3.8) is 0 Å². The Kier molecular flexibility index (Phi) is 4.31. The van der Waals surface area contributed by atoms with E-state index >= 15 is 0 Å². The topological polar surface area (TPSA) is 130 Å². The van der Waals surface area contributed by atoms with Crippen LogP contribution in [0.5, 0.6) is 5.75 Å². The summed E-state index contributed by atoms with van der Waals surface area (Å²) in [6, 6.07) is 12.3. The third-order valence-electron chi connectivity index (χ3n) is 3.94. The van der Waals surface area contributed by atoms with Crippen molar-refractivity contribution in [1.82, 2.24) is 0 Å². The van der Waals surface area contributed by atoms with Crippen LogP contribution in [0, 0.1) is 6.92 Å². The number of phenols is 1. The molecule has 134 valence electrons. The van der Waals surface area contributed by atoms with E-state index in [9.17, 15) is 22.9 Å². The molecule has 0 heterocycles. The number of nitrogens with one attached hydrogen (secondary N) is 1. The van der Waals surface area contributed by atoms with E-state index in [1.54, 1.807) is 36.4 Å². The number of amides is 1. The van der Waals surface area contributed by atoms with Crippen LogP contribution in [0.4, 0.5) is 11.4 Å². The van der Waals surface area contributed by atoms with Crippen LogP contribution in [-0.4, -0.2) is 24.0 Å². The van der Waals surface area contributed by atoms with Crippen molar-refractivity contribution in [2.45, 2.75) is 11.8 Å². The normalized spacial score (nSPS) is 11.5. The zero-order valence-corrected chi connectivity index (χ0v) is 14.5. The highest BCUT2D eigenvalue weighted by atomic mass is 32.2. The monoisotopic (exact) mass is 372 g/mol. The molecule has 0 saturated heterocycles. The summed E-state index contributed by atoms with van der Waals surface area (Å²) in [5.74, 6) is -1.17. The van der Waals surface area contributed by atoms with Gasteiger partial charge in [0, 0.05) is 22.5 Å². The van der Waals surface area contributed by atoms with Crippen LogP contribution in [0.15, 0.2) is 53.4 Å². The van der Waals surface area contributed by atoms with E-state index in [4.69, 9.17) is 5.73 Å². The number of phenolic OH excluding ortho intramolecular Hbond substituents is 1. The maximum atomic E-state index is 12.6. The van der Waals surface area contributed by atoms with Gasteiger partial charge in [0.1, 0.15) is 10.6 Å². The Morgan fingerprint density at radius 1 is 1.08 bits per heavy atom. The molecule has 0 radical (unpaired) electrons. The first-order valence-electron chi connectivity index (χ1n) is 7.58. The van der Waals surface area contributed by atoms with Crippen LogP contribution in [0.25, 0.3) is 10.8 Å². The first-order valence-corrected chi connectivity index (χ1v) is 9.02. The fourth-order valence-electron chi connectivity index (χ4n) is 2.76. The van der Waals surface area contributed by atoms with Gasteiger partial charge in [0.05, 0.1) is 11.3 Å². The lowest BCUT2D eigenvalue weighted by molar-refractivity contribution is 0.102. The molecule has 0 aliphatic heterocycles. The maximum Gasteiger partial charge on any atom is 0.298 e. The van der Waals surface area contributed by atoms with E-state index in [2.05, 4.69) is 5.32 Å². The Labute approximate surface area is 149 Å². The summed E-state index contributed by atoms with van der Waals surface area (Å²) in [4.78, 5) is 12.0. The molecule has 0 unspecified atom stereocenters. The van der Waals surface area contributed by atoms with Crippen molar-refractivity contribution in [3.05, 3.63) is 59.7 Å². The Balaban J connectivity index is 2.15. The molecule has 3 aromatic rings. The summed E-state index contributed by atoms with van der Waals surface area (Å²) < 4.78 is 32.6. The van der Waals surface area contributed by atoms with E-state index in [0.29, 0.717) is 5.39 Å². The van der Waals surface area contributed by atoms with Gasteiger partial charge in [-0.3, -0.25) is 9.35 Å². The number of nitrogen functional groups attached to an aromatic ring is 1. The lowest BCUT2D eigenvalue weighted by Gasteiger charge is -2.14. The van der Waals surface area contributed by atoms with E-state index in [0.717, 1.165) is 11.6 Å². The molecule has 0 spiro atoms. The summed E-state index contributed by atoms with van der Waals surface area (Å²) in [6.45, 7) is 1.82. The summed E-state index contributed by atoms with van der Waals surface area (Å²) in [7, 11) is -4.65. The molecule has 3 rings (SSSR count). The zero-order valence-electron chi connectivity index (χ0n) is 13.7. The number of carbonyl (C=O) groups excluding carboxylic acids is 1. The third kappa shape index (κ3) is 3.19. The van der Waals surface area contributed by atoms with Crippen molar-refractivity contribution in [2.75, 3.05) is 11.1 Å². The fraction of sp³-hybridized carbons (Fsp3) is 0.0556. The minimum absolute atomic E-state index is 0.0857. The summed E-state index contributed by atoms with van der Waals surface area (Å²) in [6.07, 6.45) is 0. The van der Waals surface area contributed by atoms with Crippen molar-refractivity contribution in [3.8, 4) is 5.75 Å². The Morgan fingerprint density at radius 3 is 2.38 bits per heavy atom. The SMILES string of the molecule is Cc1ccc(N)c(C(=O)Nc2cc(O)c(S(=O)(=O)O)c3ccccc23)c1.